The molecule has 0 aliphatic rings. The molecule has 0 atom stereocenters. The number of nitrogen functional groups attached to an aromatic ring is 1. The highest BCUT2D eigenvalue weighted by Gasteiger charge is 2.11. The second-order valence-electron chi connectivity index (χ2n) is 5.36. The number of hydrogen-bond donors (Lipinski definition) is 4. The summed E-state index contributed by atoms with van der Waals surface area (Å²) in [5.41, 5.74) is 12.8. The van der Waals surface area contributed by atoms with E-state index in [0.29, 0.717) is 22.2 Å². The maximum Gasteiger partial charge on any atom is 0.269 e. The molecule has 5 N–H and O–H groups in total. The molecule has 26 heavy (non-hydrogen) atoms. The Morgan fingerprint density at radius 1 is 1.12 bits per heavy atom. The third-order valence-corrected chi connectivity index (χ3v) is 3.64. The Kier molecular flexibility index (Phi) is 5.14. The van der Waals surface area contributed by atoms with Gasteiger partial charge in [-0.15, -0.1) is 0 Å². The predicted molar refractivity (Wildman–Crippen MR) is 101 cm³/mol. The molecular formula is C17H16ClN7O. The molecule has 9 heteroatoms. The van der Waals surface area contributed by atoms with E-state index >= 15 is 0 Å². The molecule has 0 spiro atoms. The number of pyridine rings is 1. The van der Waals surface area contributed by atoms with Gasteiger partial charge in [-0.25, -0.2) is 15.0 Å². The summed E-state index contributed by atoms with van der Waals surface area (Å²) in [6.07, 6.45) is 1.32. The third kappa shape index (κ3) is 4.17. The molecule has 2 aromatic heterocycles. The highest BCUT2D eigenvalue weighted by atomic mass is 35.5. The molecule has 0 radical (unpaired) electrons. The lowest BCUT2D eigenvalue weighted by molar-refractivity contribution is 0.0962. The molecule has 0 aliphatic carbocycles. The molecule has 0 saturated heterocycles. The van der Waals surface area contributed by atoms with E-state index < -0.39 is 0 Å². The van der Waals surface area contributed by atoms with Crippen molar-refractivity contribution in [1.29, 1.82) is 0 Å². The van der Waals surface area contributed by atoms with Crippen molar-refractivity contribution in [3.63, 3.8) is 0 Å². The van der Waals surface area contributed by atoms with Crippen LogP contribution in [0.1, 0.15) is 16.1 Å². The number of anilines is 4. The van der Waals surface area contributed by atoms with Crippen molar-refractivity contribution >= 4 is 40.6 Å². The molecule has 0 saturated carbocycles. The smallest absolute Gasteiger partial charge is 0.269 e. The van der Waals surface area contributed by atoms with Gasteiger partial charge in [0.05, 0.1) is 0 Å². The first-order valence-corrected chi connectivity index (χ1v) is 8.04. The number of hydrazine groups is 1. The number of aryl methyl sites for hydroxylation is 1. The monoisotopic (exact) mass is 369 g/mol. The number of hydrogen-bond acceptors (Lipinski definition) is 7. The summed E-state index contributed by atoms with van der Waals surface area (Å²) >= 11 is 5.88. The van der Waals surface area contributed by atoms with Crippen molar-refractivity contribution in [1.82, 2.24) is 20.4 Å². The minimum absolute atomic E-state index is 0.238. The SMILES string of the molecule is Cc1cccc(Nc2ncnc(NNC(=O)c3cccc(Cl)c3)c2N)n1. The first-order valence-electron chi connectivity index (χ1n) is 7.66. The van der Waals surface area contributed by atoms with Crippen molar-refractivity contribution in [2.45, 2.75) is 6.92 Å². The Bertz CT molecular complexity index is 948. The van der Waals surface area contributed by atoms with Crippen LogP contribution >= 0.6 is 11.6 Å². The van der Waals surface area contributed by atoms with Gasteiger partial charge in [0.1, 0.15) is 17.8 Å². The number of amides is 1. The maximum atomic E-state index is 12.2. The van der Waals surface area contributed by atoms with Crippen LogP contribution in [-0.4, -0.2) is 20.9 Å². The number of nitrogens with zero attached hydrogens (tertiary/aromatic N) is 3. The first-order chi connectivity index (χ1) is 12.5. The highest BCUT2D eigenvalue weighted by Crippen LogP contribution is 2.24. The topological polar surface area (TPSA) is 118 Å². The van der Waals surface area contributed by atoms with Crippen LogP contribution in [-0.2, 0) is 0 Å². The molecule has 1 aromatic carbocycles. The molecule has 0 fully saturated rings. The van der Waals surface area contributed by atoms with Gasteiger partial charge in [-0.3, -0.25) is 15.6 Å². The molecule has 2 heterocycles. The quantitative estimate of drug-likeness (QED) is 0.510. The highest BCUT2D eigenvalue weighted by molar-refractivity contribution is 6.30. The van der Waals surface area contributed by atoms with Gasteiger partial charge in [0.15, 0.2) is 11.6 Å². The second-order valence-corrected chi connectivity index (χ2v) is 5.80. The normalized spacial score (nSPS) is 10.2. The van der Waals surface area contributed by atoms with Crippen LogP contribution in [0.4, 0.5) is 23.1 Å². The summed E-state index contributed by atoms with van der Waals surface area (Å²) in [7, 11) is 0. The molecule has 3 aromatic rings. The molecule has 0 bridgehead atoms. The van der Waals surface area contributed by atoms with Crippen molar-refractivity contribution in [3.05, 3.63) is 65.1 Å². The minimum atomic E-state index is -0.375. The second kappa shape index (κ2) is 7.66. The lowest BCUT2D eigenvalue weighted by Crippen LogP contribution is -2.30. The van der Waals surface area contributed by atoms with Crippen LogP contribution in [0.2, 0.25) is 5.02 Å². The molecule has 1 amide bonds. The van der Waals surface area contributed by atoms with Crippen molar-refractivity contribution in [2.24, 2.45) is 0 Å². The standard InChI is InChI=1S/C17H16ClN7O/c1-10-4-2-7-13(22-10)23-15-14(19)16(21-9-20-15)24-25-17(26)11-5-3-6-12(18)8-11/h2-9H,19H2,1H3,(H,25,26)(H2,20,21,22,23,24). The summed E-state index contributed by atoms with van der Waals surface area (Å²) in [4.78, 5) is 24.6. The fourth-order valence-electron chi connectivity index (χ4n) is 2.15. The van der Waals surface area contributed by atoms with Crippen molar-refractivity contribution < 1.29 is 4.79 Å². The van der Waals surface area contributed by atoms with Gasteiger partial charge in [0.2, 0.25) is 0 Å². The van der Waals surface area contributed by atoms with Gasteiger partial charge >= 0.3 is 0 Å². The van der Waals surface area contributed by atoms with E-state index in [1.807, 2.05) is 19.1 Å². The van der Waals surface area contributed by atoms with Gasteiger partial charge < -0.3 is 11.1 Å². The lowest BCUT2D eigenvalue weighted by Gasteiger charge is -2.13. The first kappa shape index (κ1) is 17.4. The summed E-state index contributed by atoms with van der Waals surface area (Å²) in [5.74, 6) is 0.854. The van der Waals surface area contributed by atoms with Gasteiger partial charge in [-0.1, -0.05) is 23.7 Å². The van der Waals surface area contributed by atoms with E-state index in [0.717, 1.165) is 5.69 Å². The Balaban J connectivity index is 1.72. The third-order valence-electron chi connectivity index (χ3n) is 3.40. The molecule has 0 aliphatic heterocycles. The number of halogens is 1. The summed E-state index contributed by atoms with van der Waals surface area (Å²) in [5, 5.41) is 3.49. The van der Waals surface area contributed by atoms with Gasteiger partial charge in [-0.05, 0) is 37.3 Å². The van der Waals surface area contributed by atoms with Crippen LogP contribution in [0.5, 0.6) is 0 Å². The molecule has 3 rings (SSSR count). The van der Waals surface area contributed by atoms with Crippen molar-refractivity contribution in [3.8, 4) is 0 Å². The van der Waals surface area contributed by atoms with Gasteiger partial charge in [-0.2, -0.15) is 0 Å². The Hall–Kier alpha value is -3.39. The number of carbonyl (C=O) groups is 1. The zero-order chi connectivity index (χ0) is 18.5. The molecule has 132 valence electrons. The zero-order valence-corrected chi connectivity index (χ0v) is 14.6. The van der Waals surface area contributed by atoms with Crippen LogP contribution < -0.4 is 21.9 Å². The summed E-state index contributed by atoms with van der Waals surface area (Å²) in [6, 6.07) is 12.1. The molecule has 0 unspecified atom stereocenters. The number of nitrogens with two attached hydrogens (primary N) is 1. The fraction of sp³-hybridized carbons (Fsp3) is 0.0588. The lowest BCUT2D eigenvalue weighted by atomic mass is 10.2. The van der Waals surface area contributed by atoms with Crippen LogP contribution in [0.25, 0.3) is 0 Å². The fourth-order valence-corrected chi connectivity index (χ4v) is 2.34. The van der Waals surface area contributed by atoms with Crippen LogP contribution in [0, 0.1) is 6.92 Å². The largest absolute Gasteiger partial charge is 0.393 e. The Morgan fingerprint density at radius 3 is 2.65 bits per heavy atom. The average molecular weight is 370 g/mol. The molecular weight excluding hydrogens is 354 g/mol. The Labute approximate surface area is 154 Å². The minimum Gasteiger partial charge on any atom is -0.393 e. The zero-order valence-electron chi connectivity index (χ0n) is 13.8. The maximum absolute atomic E-state index is 12.2. The van der Waals surface area contributed by atoms with E-state index in [1.165, 1.54) is 6.33 Å². The van der Waals surface area contributed by atoms with Gasteiger partial charge in [0, 0.05) is 16.3 Å². The predicted octanol–water partition coefficient (Wildman–Crippen LogP) is 2.92. The number of carbonyl (C=O) groups excluding carboxylic acids is 1. The summed E-state index contributed by atoms with van der Waals surface area (Å²) in [6.45, 7) is 1.88. The van der Waals surface area contributed by atoms with E-state index in [4.69, 9.17) is 17.3 Å². The Morgan fingerprint density at radius 2 is 1.88 bits per heavy atom. The van der Waals surface area contributed by atoms with Gasteiger partial charge in [0.25, 0.3) is 5.91 Å². The van der Waals surface area contributed by atoms with Crippen LogP contribution in [0.15, 0.2) is 48.8 Å². The number of rotatable bonds is 5. The number of nitrogens with one attached hydrogen (secondary N) is 3. The summed E-state index contributed by atoms with van der Waals surface area (Å²) < 4.78 is 0. The van der Waals surface area contributed by atoms with E-state index in [2.05, 4.69) is 31.1 Å². The average Bonchev–Trinajstić information content (AvgIpc) is 2.62. The number of aromatic nitrogens is 3. The van der Waals surface area contributed by atoms with E-state index in [-0.39, 0.29) is 17.4 Å². The van der Waals surface area contributed by atoms with Crippen LogP contribution in [0.3, 0.4) is 0 Å². The van der Waals surface area contributed by atoms with E-state index in [1.54, 1.807) is 30.3 Å². The molecule has 8 nitrogen and oxygen atoms in total. The number of benzene rings is 1. The van der Waals surface area contributed by atoms with E-state index in [9.17, 15) is 4.79 Å². The van der Waals surface area contributed by atoms with Crippen molar-refractivity contribution in [2.75, 3.05) is 16.5 Å².